The SMILES string of the molecule is C=CN=C(C(=O)N1C[C@@H]2[C@@H](c3ccccc3)[C@]2(c2cc3cnn(-c4ccc(F)cc4)c3cc2C)C1)/C(F)=C\C. The average molecular weight is 523 g/mol. The van der Waals surface area contributed by atoms with Crippen LogP contribution < -0.4 is 0 Å². The van der Waals surface area contributed by atoms with Gasteiger partial charge in [0.05, 0.1) is 17.4 Å². The van der Waals surface area contributed by atoms with Crippen molar-refractivity contribution in [1.29, 1.82) is 0 Å². The molecule has 196 valence electrons. The molecular formula is C32H28F2N4O. The predicted molar refractivity (Wildman–Crippen MR) is 149 cm³/mol. The second-order valence-electron chi connectivity index (χ2n) is 10.3. The molecule has 4 aromatic rings. The maximum atomic E-state index is 14.6. The average Bonchev–Trinajstić information content (AvgIpc) is 3.21. The van der Waals surface area contributed by atoms with Gasteiger partial charge in [0.1, 0.15) is 11.6 Å². The predicted octanol–water partition coefficient (Wildman–Crippen LogP) is 6.42. The molecule has 39 heavy (non-hydrogen) atoms. The Kier molecular flexibility index (Phi) is 6.02. The number of carbonyl (C=O) groups is 1. The second kappa shape index (κ2) is 9.42. The molecule has 0 unspecified atom stereocenters. The number of aliphatic imine (C=N–C) groups is 1. The number of amides is 1. The largest absolute Gasteiger partial charge is 0.336 e. The summed E-state index contributed by atoms with van der Waals surface area (Å²) >= 11 is 0. The van der Waals surface area contributed by atoms with Crippen molar-refractivity contribution in [2.45, 2.75) is 25.2 Å². The Morgan fingerprint density at radius 3 is 2.59 bits per heavy atom. The van der Waals surface area contributed by atoms with E-state index in [-0.39, 0.29) is 28.8 Å². The number of halogens is 2. The van der Waals surface area contributed by atoms with Crippen molar-refractivity contribution in [3.8, 4) is 5.69 Å². The standard InChI is InChI=1S/C32H28F2N4O/c1-4-27(34)30(35-5-2)31(39)37-18-26-29(21-9-7-6-8-10-21)32(26,19-37)25-16-22-17-36-38(28(22)15-20(25)3)24-13-11-23(33)12-14-24/h4-17,26,29H,2,18-19H2,1,3H3/b27-4+,35-30?/t26-,29-,32+/m1/s1. The fourth-order valence-corrected chi connectivity index (χ4v) is 6.48. The zero-order valence-corrected chi connectivity index (χ0v) is 21.8. The Labute approximate surface area is 225 Å². The van der Waals surface area contributed by atoms with Crippen LogP contribution in [0.3, 0.4) is 0 Å². The van der Waals surface area contributed by atoms with Gasteiger partial charge in [0.15, 0.2) is 5.71 Å². The van der Waals surface area contributed by atoms with Crippen molar-refractivity contribution in [2.24, 2.45) is 10.9 Å². The van der Waals surface area contributed by atoms with E-state index in [1.807, 2.05) is 29.1 Å². The summed E-state index contributed by atoms with van der Waals surface area (Å²) in [6.45, 7) is 8.15. The van der Waals surface area contributed by atoms with Crippen LogP contribution in [-0.4, -0.2) is 39.4 Å². The Bertz CT molecular complexity index is 1660. The first-order valence-corrected chi connectivity index (χ1v) is 13.0. The third-order valence-corrected chi connectivity index (χ3v) is 8.21. The zero-order valence-electron chi connectivity index (χ0n) is 21.8. The lowest BCUT2D eigenvalue weighted by Gasteiger charge is -2.26. The lowest BCUT2D eigenvalue weighted by atomic mass is 9.86. The minimum atomic E-state index is -0.653. The van der Waals surface area contributed by atoms with Gasteiger partial charge < -0.3 is 4.90 Å². The molecule has 6 rings (SSSR count). The van der Waals surface area contributed by atoms with Crippen LogP contribution in [0.1, 0.15) is 29.5 Å². The van der Waals surface area contributed by atoms with Crippen LogP contribution >= 0.6 is 0 Å². The number of rotatable bonds is 6. The molecule has 7 heteroatoms. The van der Waals surface area contributed by atoms with E-state index in [0.717, 1.165) is 27.7 Å². The highest BCUT2D eigenvalue weighted by atomic mass is 19.1. The van der Waals surface area contributed by atoms with Crippen molar-refractivity contribution >= 4 is 22.5 Å². The Morgan fingerprint density at radius 2 is 1.90 bits per heavy atom. The maximum Gasteiger partial charge on any atom is 0.275 e. The van der Waals surface area contributed by atoms with Crippen molar-refractivity contribution < 1.29 is 13.6 Å². The molecule has 1 aromatic heterocycles. The normalized spacial score (nSPS) is 22.7. The second-order valence-corrected chi connectivity index (χ2v) is 10.3. The van der Waals surface area contributed by atoms with Gasteiger partial charge in [-0.1, -0.05) is 36.9 Å². The molecule has 1 amide bonds. The Morgan fingerprint density at radius 1 is 1.15 bits per heavy atom. The molecule has 2 aliphatic rings. The summed E-state index contributed by atoms with van der Waals surface area (Å²) < 4.78 is 29.9. The molecule has 1 aliphatic carbocycles. The maximum absolute atomic E-state index is 14.6. The van der Waals surface area contributed by atoms with E-state index in [9.17, 15) is 13.6 Å². The highest BCUT2D eigenvalue weighted by Crippen LogP contribution is 2.69. The quantitative estimate of drug-likeness (QED) is 0.274. The molecule has 1 aliphatic heterocycles. The van der Waals surface area contributed by atoms with Gasteiger partial charge in [-0.3, -0.25) is 4.79 Å². The number of carbonyl (C=O) groups excluding carboxylic acids is 1. The van der Waals surface area contributed by atoms with Crippen molar-refractivity contribution in [3.63, 3.8) is 0 Å². The van der Waals surface area contributed by atoms with Gasteiger partial charge in [0, 0.05) is 36.0 Å². The van der Waals surface area contributed by atoms with E-state index >= 15 is 0 Å². The monoisotopic (exact) mass is 522 g/mol. The number of hydrogen-bond acceptors (Lipinski definition) is 3. The highest BCUT2D eigenvalue weighted by Gasteiger charge is 2.71. The van der Waals surface area contributed by atoms with Gasteiger partial charge >= 0.3 is 0 Å². The number of fused-ring (bicyclic) bond motifs is 2. The molecule has 3 atom stereocenters. The molecule has 0 bridgehead atoms. The van der Waals surface area contributed by atoms with Crippen LogP contribution in [0.5, 0.6) is 0 Å². The van der Waals surface area contributed by atoms with Crippen LogP contribution in [0.4, 0.5) is 8.78 Å². The van der Waals surface area contributed by atoms with Gasteiger partial charge in [-0.15, -0.1) is 0 Å². The Hall–Kier alpha value is -4.39. The molecule has 0 spiro atoms. The molecule has 0 radical (unpaired) electrons. The third-order valence-electron chi connectivity index (χ3n) is 8.21. The van der Waals surface area contributed by atoms with E-state index in [1.54, 1.807) is 24.0 Å². The number of likely N-dealkylation sites (tertiary alicyclic amines) is 1. The zero-order chi connectivity index (χ0) is 27.3. The van der Waals surface area contributed by atoms with Crippen LogP contribution in [0.25, 0.3) is 16.6 Å². The van der Waals surface area contributed by atoms with E-state index in [1.165, 1.54) is 30.0 Å². The van der Waals surface area contributed by atoms with Crippen LogP contribution in [0.2, 0.25) is 0 Å². The number of allylic oxidation sites excluding steroid dienone is 1. The summed E-state index contributed by atoms with van der Waals surface area (Å²) in [4.78, 5) is 19.1. The minimum absolute atomic E-state index is 0.186. The summed E-state index contributed by atoms with van der Waals surface area (Å²) in [5.74, 6) is -0.953. The number of benzene rings is 3. The van der Waals surface area contributed by atoms with Crippen LogP contribution in [0.15, 0.2) is 103 Å². The smallest absolute Gasteiger partial charge is 0.275 e. The van der Waals surface area contributed by atoms with E-state index in [2.05, 4.69) is 47.9 Å². The third kappa shape index (κ3) is 3.92. The number of piperidine rings is 1. The summed E-state index contributed by atoms with van der Waals surface area (Å²) in [5, 5.41) is 5.55. The molecule has 3 aromatic carbocycles. The number of aromatic nitrogens is 2. The molecule has 0 N–H and O–H groups in total. The van der Waals surface area contributed by atoms with Gasteiger partial charge in [0.25, 0.3) is 5.91 Å². The van der Waals surface area contributed by atoms with Crippen LogP contribution in [0, 0.1) is 18.7 Å². The Balaban J connectivity index is 1.42. The van der Waals surface area contributed by atoms with E-state index < -0.39 is 11.7 Å². The van der Waals surface area contributed by atoms with Crippen molar-refractivity contribution in [2.75, 3.05) is 13.1 Å². The highest BCUT2D eigenvalue weighted by molar-refractivity contribution is 6.44. The van der Waals surface area contributed by atoms with Crippen molar-refractivity contribution in [3.05, 3.63) is 120 Å². The number of hydrogen-bond donors (Lipinski definition) is 0. The first-order chi connectivity index (χ1) is 18.9. The fraction of sp³-hybridized carbons (Fsp3) is 0.219. The fourth-order valence-electron chi connectivity index (χ4n) is 6.48. The molecule has 1 saturated heterocycles. The molecule has 2 heterocycles. The topological polar surface area (TPSA) is 50.5 Å². The summed E-state index contributed by atoms with van der Waals surface area (Å²) in [6, 6.07) is 20.9. The van der Waals surface area contributed by atoms with Gasteiger partial charge in [-0.25, -0.2) is 18.5 Å². The van der Waals surface area contributed by atoms with Crippen molar-refractivity contribution in [1.82, 2.24) is 14.7 Å². The van der Waals surface area contributed by atoms with Gasteiger partial charge in [-0.05, 0) is 78.9 Å². The molecule has 5 nitrogen and oxygen atoms in total. The number of nitrogens with zero attached hydrogens (tertiary/aromatic N) is 4. The summed E-state index contributed by atoms with van der Waals surface area (Å²) in [7, 11) is 0. The van der Waals surface area contributed by atoms with Crippen LogP contribution in [-0.2, 0) is 10.2 Å². The molecule has 1 saturated carbocycles. The first-order valence-electron chi connectivity index (χ1n) is 13.0. The summed E-state index contributed by atoms with van der Waals surface area (Å²) in [6.07, 6.45) is 4.27. The lowest BCUT2D eigenvalue weighted by Crippen LogP contribution is -2.39. The molecular weight excluding hydrogens is 494 g/mol. The molecule has 2 fully saturated rings. The van der Waals surface area contributed by atoms with Gasteiger partial charge in [0.2, 0.25) is 0 Å². The lowest BCUT2D eigenvalue weighted by molar-refractivity contribution is -0.123. The van der Waals surface area contributed by atoms with E-state index in [0.29, 0.717) is 13.1 Å². The van der Waals surface area contributed by atoms with E-state index in [4.69, 9.17) is 0 Å². The summed E-state index contributed by atoms with van der Waals surface area (Å²) in [5.41, 5.74) is 4.66. The first kappa shape index (κ1) is 24.9. The number of aryl methyl sites for hydroxylation is 1. The van der Waals surface area contributed by atoms with Gasteiger partial charge in [-0.2, -0.15) is 5.10 Å². The minimum Gasteiger partial charge on any atom is -0.336 e.